The minimum atomic E-state index is -1.13. The van der Waals surface area contributed by atoms with E-state index in [1.54, 1.807) is 17.7 Å². The van der Waals surface area contributed by atoms with Crippen LogP contribution >= 0.6 is 34.9 Å². The Morgan fingerprint density at radius 3 is 2.97 bits per heavy atom. The first-order chi connectivity index (χ1) is 17.9. The molecule has 2 unspecified atom stereocenters. The highest BCUT2D eigenvalue weighted by Gasteiger charge is 2.57. The van der Waals surface area contributed by atoms with Gasteiger partial charge in [0.25, 0.3) is 5.91 Å². The normalized spacial score (nSPS) is 23.2. The van der Waals surface area contributed by atoms with E-state index in [4.69, 9.17) is 4.84 Å². The number of anilines is 1. The third-order valence-electron chi connectivity index (χ3n) is 5.59. The molecule has 0 spiro atoms. The topological polar surface area (TPSA) is 163 Å². The summed E-state index contributed by atoms with van der Waals surface area (Å²) >= 11 is 3.76. The number of carboxylic acid groups (broad SMARTS) is 1. The van der Waals surface area contributed by atoms with Crippen LogP contribution in [0.5, 0.6) is 0 Å². The molecule has 3 N–H and O–H groups in total. The molecule has 0 radical (unpaired) electrons. The number of amides is 3. The van der Waals surface area contributed by atoms with Crippen molar-refractivity contribution in [3.63, 3.8) is 0 Å². The van der Waals surface area contributed by atoms with E-state index in [1.165, 1.54) is 40.9 Å². The number of β-lactam (4-membered cyclic amide) rings is 1. The number of carbonyl (C=O) groups is 4. The highest BCUT2D eigenvalue weighted by atomic mass is 32.2. The maximum Gasteiger partial charge on any atom is 0.313 e. The van der Waals surface area contributed by atoms with Crippen molar-refractivity contribution in [1.82, 2.24) is 20.2 Å². The summed E-state index contributed by atoms with van der Waals surface area (Å²) in [5.41, 5.74) is -0.342. The zero-order valence-electron chi connectivity index (χ0n) is 19.4. The number of rotatable bonds is 11. The van der Waals surface area contributed by atoms with Gasteiger partial charge in [0, 0.05) is 29.6 Å². The molecule has 15 heteroatoms. The van der Waals surface area contributed by atoms with Crippen LogP contribution in [0.4, 0.5) is 5.13 Å². The Kier molecular flexibility index (Phi) is 8.45. The molecule has 3 amide bonds. The second kappa shape index (κ2) is 11.7. The zero-order chi connectivity index (χ0) is 26.4. The molecule has 2 aliphatic rings. The average Bonchev–Trinajstić information content (AvgIpc) is 3.37. The molecule has 4 rings (SSSR count). The van der Waals surface area contributed by atoms with Crippen LogP contribution in [0, 0.1) is 5.41 Å². The van der Waals surface area contributed by atoms with E-state index in [-0.39, 0.29) is 40.5 Å². The summed E-state index contributed by atoms with van der Waals surface area (Å²) in [6, 6.07) is 4.68. The highest BCUT2D eigenvalue weighted by Crippen LogP contribution is 2.43. The minimum absolute atomic E-state index is 0.0431. The number of carboxylic acids is 1. The van der Waals surface area contributed by atoms with Gasteiger partial charge in [0.15, 0.2) is 10.8 Å². The van der Waals surface area contributed by atoms with E-state index >= 15 is 0 Å². The smallest absolute Gasteiger partial charge is 0.313 e. The predicted molar refractivity (Wildman–Crippen MR) is 141 cm³/mol. The second-order valence-electron chi connectivity index (χ2n) is 8.00. The van der Waals surface area contributed by atoms with Crippen LogP contribution in [-0.4, -0.2) is 86.5 Å². The fraction of sp³-hybridized carbons (Fsp3) is 0.318. The standard InChI is InChI=1S/C22H22N6O6S3/c1-34-27-15(14-8-36-21(25-14)24-12-29)17(30)26-16-18(31)28-9-22(20(32)33,11-37-19(16)28)10-35-7-5-13-4-2-3-6-23-13/h2-8,12,16,19H,9-11H2,1H3,(H,26,30)(H,32,33)(H,24,25,29)/t16?,19-,22?/m1/s1. The van der Waals surface area contributed by atoms with E-state index < -0.39 is 28.7 Å². The van der Waals surface area contributed by atoms with Gasteiger partial charge in [-0.05, 0) is 23.6 Å². The zero-order valence-corrected chi connectivity index (χ0v) is 21.8. The predicted octanol–water partition coefficient (Wildman–Crippen LogP) is 1.33. The van der Waals surface area contributed by atoms with Crippen molar-refractivity contribution in [1.29, 1.82) is 0 Å². The molecule has 2 aromatic rings. The fourth-order valence-electron chi connectivity index (χ4n) is 3.71. The molecule has 3 atom stereocenters. The highest BCUT2D eigenvalue weighted by molar-refractivity contribution is 8.02. The fourth-order valence-corrected chi connectivity index (χ4v) is 7.00. The van der Waals surface area contributed by atoms with Gasteiger partial charge in [0.05, 0.1) is 5.69 Å². The SMILES string of the molecule is CON=C(C(=O)NC1C(=O)N2CC(CSC=Cc3ccccn3)(C(=O)O)CS[C@H]12)c1csc(NC=O)n1. The van der Waals surface area contributed by atoms with Crippen molar-refractivity contribution in [3.8, 4) is 0 Å². The quantitative estimate of drug-likeness (QED) is 0.158. The summed E-state index contributed by atoms with van der Waals surface area (Å²) in [4.78, 5) is 63.2. The first-order valence-corrected chi connectivity index (χ1v) is 13.8. The third kappa shape index (κ3) is 5.78. The van der Waals surface area contributed by atoms with Crippen LogP contribution in [0.1, 0.15) is 11.4 Å². The summed E-state index contributed by atoms with van der Waals surface area (Å²) in [6.45, 7) is 0.0431. The lowest BCUT2D eigenvalue weighted by molar-refractivity contribution is -0.157. The van der Waals surface area contributed by atoms with Crippen LogP contribution in [0.15, 0.2) is 40.3 Å². The lowest BCUT2D eigenvalue weighted by atomic mass is 9.89. The lowest BCUT2D eigenvalue weighted by Gasteiger charge is -2.53. The molecular weight excluding hydrogens is 540 g/mol. The van der Waals surface area contributed by atoms with E-state index in [0.717, 1.165) is 17.0 Å². The molecule has 12 nitrogen and oxygen atoms in total. The molecule has 2 aromatic heterocycles. The molecule has 4 heterocycles. The van der Waals surface area contributed by atoms with Crippen LogP contribution in [0.2, 0.25) is 0 Å². The Bertz CT molecular complexity index is 1240. The first-order valence-electron chi connectivity index (χ1n) is 10.8. The summed E-state index contributed by atoms with van der Waals surface area (Å²) in [7, 11) is 1.27. The van der Waals surface area contributed by atoms with Crippen LogP contribution in [-0.2, 0) is 24.0 Å². The number of aliphatic carboxylic acids is 1. The van der Waals surface area contributed by atoms with E-state index in [0.29, 0.717) is 6.41 Å². The van der Waals surface area contributed by atoms with Gasteiger partial charge in [0.2, 0.25) is 12.3 Å². The van der Waals surface area contributed by atoms with E-state index in [9.17, 15) is 24.3 Å². The van der Waals surface area contributed by atoms with Gasteiger partial charge in [-0.3, -0.25) is 24.2 Å². The number of nitrogens with one attached hydrogen (secondary N) is 2. The number of oxime groups is 1. The van der Waals surface area contributed by atoms with Gasteiger partial charge in [-0.25, -0.2) is 4.98 Å². The van der Waals surface area contributed by atoms with Crippen LogP contribution in [0.25, 0.3) is 6.08 Å². The molecular formula is C22H22N6O6S3. The number of thioether (sulfide) groups is 2. The van der Waals surface area contributed by atoms with Gasteiger partial charge >= 0.3 is 5.97 Å². The Hall–Kier alpha value is -3.43. The number of aromatic nitrogens is 2. The Labute approximate surface area is 223 Å². The van der Waals surface area contributed by atoms with Crippen molar-refractivity contribution >= 4 is 76.0 Å². The molecule has 0 aliphatic carbocycles. The number of thiazole rings is 1. The van der Waals surface area contributed by atoms with Gasteiger partial charge in [0.1, 0.15) is 29.6 Å². The van der Waals surface area contributed by atoms with Crippen LogP contribution < -0.4 is 10.6 Å². The summed E-state index contributed by atoms with van der Waals surface area (Å²) < 4.78 is 0. The third-order valence-corrected chi connectivity index (χ3v) is 9.00. The van der Waals surface area contributed by atoms with Crippen molar-refractivity contribution in [2.45, 2.75) is 11.4 Å². The molecule has 0 aromatic carbocycles. The maximum absolute atomic E-state index is 12.9. The molecule has 194 valence electrons. The van der Waals surface area contributed by atoms with Crippen molar-refractivity contribution < 1.29 is 29.1 Å². The van der Waals surface area contributed by atoms with Crippen molar-refractivity contribution in [3.05, 3.63) is 46.6 Å². The summed E-state index contributed by atoms with van der Waals surface area (Å²) in [6.07, 6.45) is 3.94. The van der Waals surface area contributed by atoms with Gasteiger partial charge in [-0.15, -0.1) is 34.9 Å². The summed E-state index contributed by atoms with van der Waals surface area (Å²) in [5.74, 6) is -1.47. The monoisotopic (exact) mass is 562 g/mol. The van der Waals surface area contributed by atoms with Gasteiger partial charge in [-0.1, -0.05) is 11.2 Å². The lowest BCUT2D eigenvalue weighted by Crippen LogP contribution is -2.74. The number of nitrogens with zero attached hydrogens (tertiary/aromatic N) is 4. The Morgan fingerprint density at radius 1 is 1.43 bits per heavy atom. The molecule has 2 fully saturated rings. The Balaban J connectivity index is 1.38. The number of fused-ring (bicyclic) bond motifs is 1. The number of hydrogen-bond acceptors (Lipinski definition) is 11. The van der Waals surface area contributed by atoms with E-state index in [1.807, 2.05) is 18.2 Å². The average molecular weight is 563 g/mol. The van der Waals surface area contributed by atoms with Crippen molar-refractivity contribution in [2.24, 2.45) is 10.6 Å². The van der Waals surface area contributed by atoms with Crippen molar-refractivity contribution in [2.75, 3.05) is 30.5 Å². The molecule has 0 saturated carbocycles. The molecule has 2 aliphatic heterocycles. The van der Waals surface area contributed by atoms with E-state index in [2.05, 4.69) is 25.8 Å². The number of pyridine rings is 1. The molecule has 2 saturated heterocycles. The second-order valence-corrected chi connectivity index (χ2v) is 10.9. The largest absolute Gasteiger partial charge is 0.481 e. The van der Waals surface area contributed by atoms with Gasteiger partial charge < -0.3 is 25.5 Å². The summed E-state index contributed by atoms with van der Waals surface area (Å²) in [5, 5.41) is 22.0. The number of hydrogen-bond donors (Lipinski definition) is 3. The minimum Gasteiger partial charge on any atom is -0.481 e. The maximum atomic E-state index is 12.9. The molecule has 37 heavy (non-hydrogen) atoms. The first kappa shape index (κ1) is 26.6. The number of carbonyl (C=O) groups excluding carboxylic acids is 3. The Morgan fingerprint density at radius 2 is 2.27 bits per heavy atom. The van der Waals surface area contributed by atoms with Crippen LogP contribution in [0.3, 0.4) is 0 Å². The van der Waals surface area contributed by atoms with Gasteiger partial charge in [-0.2, -0.15) is 0 Å². The molecule has 0 bridgehead atoms.